The molecule has 0 radical (unpaired) electrons. The number of benzene rings is 2. The number of nitrogens with two attached hydrogens (primary N) is 1. The minimum Gasteiger partial charge on any atom is -0.319 e. The molecule has 3 aromatic rings. The second-order valence-electron chi connectivity index (χ2n) is 5.07. The Morgan fingerprint density at radius 3 is 2.56 bits per heavy atom. The normalized spacial score (nSPS) is 18.1. The van der Waals surface area contributed by atoms with Crippen molar-refractivity contribution in [3.8, 4) is 0 Å². The summed E-state index contributed by atoms with van der Waals surface area (Å²) in [6.07, 6.45) is 0. The van der Waals surface area contributed by atoms with Gasteiger partial charge in [0, 0.05) is 33.3 Å². The molecular weight excluding hydrogens is 240 g/mol. The van der Waals surface area contributed by atoms with E-state index in [1.54, 1.807) is 0 Å². The third-order valence-corrected chi connectivity index (χ3v) is 4.97. The van der Waals surface area contributed by atoms with Gasteiger partial charge in [0.05, 0.1) is 5.54 Å². The molecule has 18 heavy (non-hydrogen) atoms. The summed E-state index contributed by atoms with van der Waals surface area (Å²) in [6.45, 7) is 1.76. The highest BCUT2D eigenvalue weighted by Gasteiger charge is 2.34. The molecule has 0 saturated carbocycles. The first-order valence-corrected chi connectivity index (χ1v) is 6.99. The van der Waals surface area contributed by atoms with Crippen LogP contribution in [0.3, 0.4) is 0 Å². The van der Waals surface area contributed by atoms with Gasteiger partial charge in [-0.15, -0.1) is 11.3 Å². The van der Waals surface area contributed by atoms with E-state index in [4.69, 9.17) is 5.73 Å². The molecule has 1 aliphatic heterocycles. The molecule has 0 atom stereocenters. The minimum atomic E-state index is -0.162. The van der Waals surface area contributed by atoms with Crippen LogP contribution in [-0.4, -0.2) is 13.1 Å². The van der Waals surface area contributed by atoms with E-state index < -0.39 is 0 Å². The van der Waals surface area contributed by atoms with Crippen LogP contribution in [0.2, 0.25) is 0 Å². The van der Waals surface area contributed by atoms with Gasteiger partial charge in [-0.1, -0.05) is 30.3 Å². The standard InChI is InChI=1S/C15H14N2S/c16-15(8-17-9-15)10-5-6-12-11-3-1-2-4-13(11)18-14(12)7-10/h1-7,17H,8-9,16H2. The summed E-state index contributed by atoms with van der Waals surface area (Å²) in [5.74, 6) is 0. The van der Waals surface area contributed by atoms with Gasteiger partial charge in [-0.05, 0) is 17.7 Å². The SMILES string of the molecule is NC1(c2ccc3c(c2)sc2ccccc23)CNC1. The highest BCUT2D eigenvalue weighted by molar-refractivity contribution is 7.25. The lowest BCUT2D eigenvalue weighted by atomic mass is 9.85. The Hall–Kier alpha value is -1.42. The van der Waals surface area contributed by atoms with Gasteiger partial charge < -0.3 is 11.1 Å². The van der Waals surface area contributed by atoms with Crippen molar-refractivity contribution >= 4 is 31.5 Å². The highest BCUT2D eigenvalue weighted by atomic mass is 32.1. The van der Waals surface area contributed by atoms with Crippen molar-refractivity contribution in [1.29, 1.82) is 0 Å². The number of fused-ring (bicyclic) bond motifs is 3. The van der Waals surface area contributed by atoms with Crippen LogP contribution in [-0.2, 0) is 5.54 Å². The molecule has 90 valence electrons. The fraction of sp³-hybridized carbons (Fsp3) is 0.200. The molecule has 2 nitrogen and oxygen atoms in total. The first-order valence-electron chi connectivity index (χ1n) is 6.18. The average molecular weight is 254 g/mol. The molecule has 1 fully saturated rings. The van der Waals surface area contributed by atoms with E-state index in [1.807, 2.05) is 11.3 Å². The summed E-state index contributed by atoms with van der Waals surface area (Å²) in [7, 11) is 0. The second kappa shape index (κ2) is 3.54. The van der Waals surface area contributed by atoms with E-state index in [9.17, 15) is 0 Å². The molecule has 2 aromatic carbocycles. The van der Waals surface area contributed by atoms with Crippen molar-refractivity contribution in [2.45, 2.75) is 5.54 Å². The summed E-state index contributed by atoms with van der Waals surface area (Å²) in [6, 6.07) is 15.2. The van der Waals surface area contributed by atoms with Crippen LogP contribution in [0.4, 0.5) is 0 Å². The molecule has 0 bridgehead atoms. The lowest BCUT2D eigenvalue weighted by molar-refractivity contribution is 0.287. The van der Waals surface area contributed by atoms with E-state index >= 15 is 0 Å². The van der Waals surface area contributed by atoms with Gasteiger partial charge in [0.1, 0.15) is 0 Å². The average Bonchev–Trinajstić information content (AvgIpc) is 2.73. The van der Waals surface area contributed by atoms with Crippen LogP contribution in [0.5, 0.6) is 0 Å². The molecule has 4 rings (SSSR count). The zero-order valence-corrected chi connectivity index (χ0v) is 10.8. The Morgan fingerprint density at radius 2 is 1.78 bits per heavy atom. The Kier molecular flexibility index (Phi) is 2.07. The monoisotopic (exact) mass is 254 g/mol. The summed E-state index contributed by atoms with van der Waals surface area (Å²) in [4.78, 5) is 0. The fourth-order valence-electron chi connectivity index (χ4n) is 2.63. The van der Waals surface area contributed by atoms with Crippen molar-refractivity contribution in [3.63, 3.8) is 0 Å². The van der Waals surface area contributed by atoms with E-state index in [2.05, 4.69) is 47.8 Å². The van der Waals surface area contributed by atoms with Crippen LogP contribution >= 0.6 is 11.3 Å². The molecule has 3 N–H and O–H groups in total. The van der Waals surface area contributed by atoms with Crippen LogP contribution in [0.25, 0.3) is 20.2 Å². The number of nitrogens with one attached hydrogen (secondary N) is 1. The Morgan fingerprint density at radius 1 is 1.00 bits per heavy atom. The largest absolute Gasteiger partial charge is 0.319 e. The summed E-state index contributed by atoms with van der Waals surface area (Å²) < 4.78 is 2.69. The summed E-state index contributed by atoms with van der Waals surface area (Å²) in [5, 5.41) is 5.95. The van der Waals surface area contributed by atoms with E-state index in [-0.39, 0.29) is 5.54 Å². The molecule has 0 unspecified atom stereocenters. The van der Waals surface area contributed by atoms with E-state index in [1.165, 1.54) is 25.7 Å². The van der Waals surface area contributed by atoms with Gasteiger partial charge in [0.25, 0.3) is 0 Å². The lowest BCUT2D eigenvalue weighted by Gasteiger charge is -2.39. The van der Waals surface area contributed by atoms with Crippen LogP contribution in [0, 0.1) is 0 Å². The van der Waals surface area contributed by atoms with Gasteiger partial charge >= 0.3 is 0 Å². The first kappa shape index (κ1) is 10.5. The van der Waals surface area contributed by atoms with Crippen molar-refractivity contribution in [2.24, 2.45) is 5.73 Å². The van der Waals surface area contributed by atoms with Gasteiger partial charge in [0.15, 0.2) is 0 Å². The highest BCUT2D eigenvalue weighted by Crippen LogP contribution is 2.36. The van der Waals surface area contributed by atoms with E-state index in [0.717, 1.165) is 13.1 Å². The molecule has 0 aliphatic carbocycles. The maximum atomic E-state index is 6.35. The lowest BCUT2D eigenvalue weighted by Crippen LogP contribution is -2.62. The summed E-state index contributed by atoms with van der Waals surface area (Å²) in [5.41, 5.74) is 7.44. The molecule has 1 aliphatic rings. The van der Waals surface area contributed by atoms with Gasteiger partial charge in [-0.2, -0.15) is 0 Å². The Labute approximate surface area is 109 Å². The predicted octanol–water partition coefficient (Wildman–Crippen LogP) is 2.81. The molecule has 1 aromatic heterocycles. The minimum absolute atomic E-state index is 0.162. The maximum Gasteiger partial charge on any atom is 0.0662 e. The molecule has 0 spiro atoms. The topological polar surface area (TPSA) is 38.0 Å². The van der Waals surface area contributed by atoms with Crippen LogP contribution < -0.4 is 11.1 Å². The molecule has 0 amide bonds. The van der Waals surface area contributed by atoms with E-state index in [0.29, 0.717) is 0 Å². The Balaban J connectivity index is 1.98. The van der Waals surface area contributed by atoms with Gasteiger partial charge in [-0.25, -0.2) is 0 Å². The molecule has 1 saturated heterocycles. The van der Waals surface area contributed by atoms with Crippen molar-refractivity contribution in [1.82, 2.24) is 5.32 Å². The van der Waals surface area contributed by atoms with Gasteiger partial charge in [-0.3, -0.25) is 0 Å². The van der Waals surface area contributed by atoms with Crippen LogP contribution in [0.15, 0.2) is 42.5 Å². The maximum absolute atomic E-state index is 6.35. The zero-order chi connectivity index (χ0) is 12.2. The molecule has 2 heterocycles. The molecular formula is C15H14N2S. The number of thiophene rings is 1. The van der Waals surface area contributed by atoms with Crippen LogP contribution in [0.1, 0.15) is 5.56 Å². The third kappa shape index (κ3) is 1.35. The zero-order valence-electron chi connectivity index (χ0n) is 9.94. The second-order valence-corrected chi connectivity index (χ2v) is 6.15. The number of hydrogen-bond donors (Lipinski definition) is 2. The fourth-order valence-corrected chi connectivity index (χ4v) is 3.78. The quantitative estimate of drug-likeness (QED) is 0.701. The smallest absolute Gasteiger partial charge is 0.0662 e. The molecule has 3 heteroatoms. The predicted molar refractivity (Wildman–Crippen MR) is 78.1 cm³/mol. The Bertz CT molecular complexity index is 740. The van der Waals surface area contributed by atoms with Crippen molar-refractivity contribution in [2.75, 3.05) is 13.1 Å². The third-order valence-electron chi connectivity index (χ3n) is 3.83. The van der Waals surface area contributed by atoms with Gasteiger partial charge in [0.2, 0.25) is 0 Å². The summed E-state index contributed by atoms with van der Waals surface area (Å²) >= 11 is 1.85. The first-order chi connectivity index (χ1) is 8.76. The van der Waals surface area contributed by atoms with Crippen molar-refractivity contribution < 1.29 is 0 Å². The number of rotatable bonds is 1. The number of hydrogen-bond acceptors (Lipinski definition) is 3. The van der Waals surface area contributed by atoms with Crippen molar-refractivity contribution in [3.05, 3.63) is 48.0 Å².